The Labute approximate surface area is 166 Å². The van der Waals surface area contributed by atoms with Crippen molar-refractivity contribution in [1.82, 2.24) is 4.31 Å². The molecule has 0 aromatic heterocycles. The highest BCUT2D eigenvalue weighted by molar-refractivity contribution is 7.98. The quantitative estimate of drug-likeness (QED) is 0.711. The maximum absolute atomic E-state index is 13.5. The van der Waals surface area contributed by atoms with Gasteiger partial charge in [-0.15, -0.1) is 0 Å². The van der Waals surface area contributed by atoms with E-state index in [0.717, 1.165) is 25.9 Å². The van der Waals surface area contributed by atoms with Gasteiger partial charge in [-0.05, 0) is 33.6 Å². The molecule has 0 atom stereocenters. The molecule has 1 aliphatic rings. The van der Waals surface area contributed by atoms with Crippen LogP contribution in [0.25, 0.3) is 0 Å². The Morgan fingerprint density at radius 3 is 2.26 bits per heavy atom. The molecular weight excluding hydrogens is 362 g/mol. The minimum absolute atomic E-state index is 0.0416. The fraction of sp³-hybridized carbons (Fsp3) is 0.550. The highest BCUT2D eigenvalue weighted by Gasteiger charge is 2.36. The first-order valence-corrected chi connectivity index (χ1v) is 9.88. The third-order valence-corrected chi connectivity index (χ3v) is 5.47. The minimum atomic E-state index is -0.486. The number of benzene rings is 1. The van der Waals surface area contributed by atoms with E-state index in [9.17, 15) is 10.1 Å². The van der Waals surface area contributed by atoms with Gasteiger partial charge in [0.2, 0.25) is 5.91 Å². The van der Waals surface area contributed by atoms with Gasteiger partial charge in [0.15, 0.2) is 11.5 Å². The Bertz CT molecular complexity index is 716. The Hall–Kier alpha value is -1.91. The van der Waals surface area contributed by atoms with Crippen molar-refractivity contribution < 1.29 is 14.3 Å². The third kappa shape index (κ3) is 4.69. The van der Waals surface area contributed by atoms with E-state index in [-0.39, 0.29) is 11.8 Å². The maximum atomic E-state index is 13.5. The summed E-state index contributed by atoms with van der Waals surface area (Å²) < 4.78 is 12.9. The van der Waals surface area contributed by atoms with Crippen molar-refractivity contribution in [2.24, 2.45) is 5.92 Å². The van der Waals surface area contributed by atoms with Gasteiger partial charge in [0.1, 0.15) is 6.07 Å². The van der Waals surface area contributed by atoms with Gasteiger partial charge in [-0.3, -0.25) is 9.10 Å². The number of ether oxygens (including phenoxy) is 2. The number of piperidine rings is 1. The molecule has 0 N–H and O–H groups in total. The number of methoxy groups -OCH3 is 2. The van der Waals surface area contributed by atoms with E-state index >= 15 is 0 Å². The van der Waals surface area contributed by atoms with Crippen molar-refractivity contribution in [2.75, 3.05) is 32.2 Å². The van der Waals surface area contributed by atoms with E-state index in [1.807, 2.05) is 20.8 Å². The van der Waals surface area contributed by atoms with Gasteiger partial charge in [0, 0.05) is 42.9 Å². The molecule has 0 unspecified atom stereocenters. The Balaban J connectivity index is 2.46. The number of hydrogen-bond donors (Lipinski definition) is 0. The average molecular weight is 391 g/mol. The highest BCUT2D eigenvalue weighted by atomic mass is 32.2. The molecule has 0 spiro atoms. The number of carbonyl (C=O) groups excluding carboxylic acids is 1. The van der Waals surface area contributed by atoms with Crippen LogP contribution in [0.15, 0.2) is 12.1 Å². The Morgan fingerprint density at radius 2 is 1.81 bits per heavy atom. The molecule has 1 aromatic carbocycles. The largest absolute Gasteiger partial charge is 0.493 e. The first-order valence-electron chi connectivity index (χ1n) is 8.94. The van der Waals surface area contributed by atoms with Crippen LogP contribution in [0.2, 0.25) is 0 Å². The normalized spacial score (nSPS) is 15.9. The van der Waals surface area contributed by atoms with Crippen molar-refractivity contribution >= 4 is 23.5 Å². The van der Waals surface area contributed by atoms with Crippen LogP contribution in [0.4, 0.5) is 5.69 Å². The molecular formula is C20H28N3O3S. The Morgan fingerprint density at radius 1 is 1.26 bits per heavy atom. The average Bonchev–Trinajstić information content (AvgIpc) is 2.66. The molecule has 2 rings (SSSR count). The van der Waals surface area contributed by atoms with Crippen molar-refractivity contribution in [1.29, 1.82) is 5.26 Å². The number of carbonyl (C=O) groups is 1. The molecule has 1 saturated heterocycles. The monoisotopic (exact) mass is 390 g/mol. The van der Waals surface area contributed by atoms with Crippen LogP contribution in [0, 0.1) is 23.5 Å². The van der Waals surface area contributed by atoms with Gasteiger partial charge in [-0.25, -0.2) is 0 Å². The van der Waals surface area contributed by atoms with Gasteiger partial charge in [-0.2, -0.15) is 5.26 Å². The van der Waals surface area contributed by atoms with Gasteiger partial charge in [0.25, 0.3) is 0 Å². The van der Waals surface area contributed by atoms with Crippen molar-refractivity contribution in [3.8, 4) is 17.6 Å². The fourth-order valence-electron chi connectivity index (χ4n) is 3.37. The van der Waals surface area contributed by atoms with Crippen LogP contribution in [-0.2, 0) is 4.79 Å². The van der Waals surface area contributed by atoms with Crippen LogP contribution in [0.1, 0.15) is 39.2 Å². The summed E-state index contributed by atoms with van der Waals surface area (Å²) in [7, 11) is 3.07. The van der Waals surface area contributed by atoms with Gasteiger partial charge in [-0.1, -0.05) is 11.9 Å². The lowest BCUT2D eigenvalue weighted by molar-refractivity contribution is -0.124. The molecule has 0 saturated carbocycles. The van der Waals surface area contributed by atoms with Crippen LogP contribution in [0.3, 0.4) is 0 Å². The van der Waals surface area contributed by atoms with E-state index in [1.165, 1.54) is 19.1 Å². The minimum Gasteiger partial charge on any atom is -0.493 e. The zero-order chi connectivity index (χ0) is 20.2. The molecule has 0 aliphatic carbocycles. The van der Waals surface area contributed by atoms with Crippen LogP contribution in [-0.4, -0.2) is 43.1 Å². The predicted molar refractivity (Wildman–Crippen MR) is 109 cm³/mol. The van der Waals surface area contributed by atoms with Gasteiger partial charge >= 0.3 is 0 Å². The van der Waals surface area contributed by atoms with Crippen LogP contribution >= 0.6 is 11.9 Å². The number of amides is 1. The zero-order valence-corrected chi connectivity index (χ0v) is 17.6. The molecule has 1 heterocycles. The molecule has 1 aromatic rings. The number of nitrogens with zero attached hydrogens (tertiary/aromatic N) is 3. The third-order valence-electron chi connectivity index (χ3n) is 4.74. The SMILES string of the molecule is [CH2]SN1CCC(C(=O)N(c2cc(OC)c(OC)cc2C#N)C(C)(C)C)CC1. The molecule has 1 aliphatic heterocycles. The highest BCUT2D eigenvalue weighted by Crippen LogP contribution is 2.39. The van der Waals surface area contributed by atoms with Gasteiger partial charge in [0.05, 0.1) is 25.5 Å². The molecule has 27 heavy (non-hydrogen) atoms. The summed E-state index contributed by atoms with van der Waals surface area (Å²) in [5.74, 6) is 0.934. The predicted octanol–water partition coefficient (Wildman–Crippen LogP) is 3.86. The standard InChI is InChI=1S/C20H28N3O3S/c1-20(2,3)23(19(24)14-7-9-22(27-6)10-8-14)16-12-18(26-5)17(25-4)11-15(16)13-21/h11-12,14H,6-10H2,1-5H3. The smallest absolute Gasteiger partial charge is 0.230 e. The lowest BCUT2D eigenvalue weighted by atomic mass is 9.92. The summed E-state index contributed by atoms with van der Waals surface area (Å²) >= 11 is 1.47. The topological polar surface area (TPSA) is 65.8 Å². The second kappa shape index (κ2) is 8.85. The van der Waals surface area contributed by atoms with E-state index in [4.69, 9.17) is 9.47 Å². The first kappa shape index (κ1) is 21.4. The van der Waals surface area contributed by atoms with E-state index in [0.29, 0.717) is 22.7 Å². The maximum Gasteiger partial charge on any atom is 0.230 e. The fourth-order valence-corrected chi connectivity index (χ4v) is 3.84. The second-order valence-corrected chi connectivity index (χ2v) is 8.29. The first-order chi connectivity index (χ1) is 12.8. The number of nitriles is 1. The second-order valence-electron chi connectivity index (χ2n) is 7.51. The number of anilines is 1. The number of hydrogen-bond acceptors (Lipinski definition) is 6. The molecule has 1 radical (unpaired) electrons. The Kier molecular flexibility index (Phi) is 7.01. The lowest BCUT2D eigenvalue weighted by Crippen LogP contribution is -2.50. The van der Waals surface area contributed by atoms with Crippen LogP contribution in [0.5, 0.6) is 11.5 Å². The zero-order valence-electron chi connectivity index (χ0n) is 16.7. The summed E-state index contributed by atoms with van der Waals surface area (Å²) in [6.45, 7) is 7.59. The number of rotatable bonds is 5. The molecule has 1 fully saturated rings. The molecule has 1 amide bonds. The van der Waals surface area contributed by atoms with E-state index in [1.54, 1.807) is 24.1 Å². The van der Waals surface area contributed by atoms with Crippen molar-refractivity contribution in [2.45, 2.75) is 39.2 Å². The van der Waals surface area contributed by atoms with Crippen LogP contribution < -0.4 is 14.4 Å². The molecule has 147 valence electrons. The molecule has 6 nitrogen and oxygen atoms in total. The van der Waals surface area contributed by atoms with Crippen molar-refractivity contribution in [3.05, 3.63) is 24.0 Å². The summed E-state index contributed by atoms with van der Waals surface area (Å²) in [5, 5.41) is 9.67. The lowest BCUT2D eigenvalue weighted by Gasteiger charge is -2.40. The van der Waals surface area contributed by atoms with E-state index in [2.05, 4.69) is 16.6 Å². The summed E-state index contributed by atoms with van der Waals surface area (Å²) in [6, 6.07) is 5.55. The van der Waals surface area contributed by atoms with E-state index < -0.39 is 5.54 Å². The summed E-state index contributed by atoms with van der Waals surface area (Å²) in [5.41, 5.74) is 0.462. The molecule has 0 bridgehead atoms. The molecule has 7 heteroatoms. The van der Waals surface area contributed by atoms with Gasteiger partial charge < -0.3 is 14.4 Å². The summed E-state index contributed by atoms with van der Waals surface area (Å²) in [4.78, 5) is 15.2. The van der Waals surface area contributed by atoms with Crippen molar-refractivity contribution in [3.63, 3.8) is 0 Å². The summed E-state index contributed by atoms with van der Waals surface area (Å²) in [6.07, 6.45) is 5.41.